The number of aliphatic hydroxyl groups is 1. The normalized spacial score (nSPS) is 11.6. The third-order valence-electron chi connectivity index (χ3n) is 3.05. The number of hydrogen-bond donors (Lipinski definition) is 2. The molecule has 0 saturated heterocycles. The van der Waals surface area contributed by atoms with Crippen LogP contribution in [0.5, 0.6) is 0 Å². The molecule has 5 nitrogen and oxygen atoms in total. The van der Waals surface area contributed by atoms with E-state index < -0.39 is 10.0 Å². The Morgan fingerprint density at radius 1 is 1.33 bits per heavy atom. The van der Waals surface area contributed by atoms with Crippen LogP contribution >= 0.6 is 11.6 Å². The van der Waals surface area contributed by atoms with Crippen LogP contribution in [0.2, 0.25) is 5.02 Å². The van der Waals surface area contributed by atoms with E-state index in [1.165, 1.54) is 18.2 Å². The van der Waals surface area contributed by atoms with Gasteiger partial charge in [0.2, 0.25) is 10.0 Å². The molecule has 0 aliphatic carbocycles. The van der Waals surface area contributed by atoms with Crippen LogP contribution in [-0.2, 0) is 23.2 Å². The zero-order chi connectivity index (χ0) is 15.5. The van der Waals surface area contributed by atoms with Crippen molar-refractivity contribution in [3.63, 3.8) is 0 Å². The van der Waals surface area contributed by atoms with Crippen LogP contribution in [-0.4, -0.2) is 18.5 Å². The van der Waals surface area contributed by atoms with E-state index in [9.17, 15) is 8.42 Å². The Hall–Kier alpha value is -1.47. The highest BCUT2D eigenvalue weighted by atomic mass is 35.5. The second-order valence-electron chi connectivity index (χ2n) is 4.50. The summed E-state index contributed by atoms with van der Waals surface area (Å²) >= 11 is 5.85. The zero-order valence-corrected chi connectivity index (χ0v) is 12.9. The van der Waals surface area contributed by atoms with Crippen LogP contribution in [0.3, 0.4) is 0 Å². The molecule has 0 aliphatic heterocycles. The van der Waals surface area contributed by atoms with E-state index in [-0.39, 0.29) is 18.0 Å². The minimum Gasteiger partial charge on any atom is -0.392 e. The zero-order valence-electron chi connectivity index (χ0n) is 11.4. The fraction of sp³-hybridized carbons (Fsp3) is 0.214. The first kappa shape index (κ1) is 15.9. The van der Waals surface area contributed by atoms with Crippen molar-refractivity contribution in [1.29, 1.82) is 0 Å². The Kier molecular flexibility index (Phi) is 4.95. The van der Waals surface area contributed by atoms with Crippen molar-refractivity contribution in [2.75, 3.05) is 0 Å². The number of aliphatic hydroxyl groups excluding tert-OH is 1. The van der Waals surface area contributed by atoms with Crippen molar-refractivity contribution in [2.24, 2.45) is 0 Å². The van der Waals surface area contributed by atoms with Gasteiger partial charge in [-0.2, -0.15) is 0 Å². The molecule has 21 heavy (non-hydrogen) atoms. The molecule has 0 fully saturated rings. The monoisotopic (exact) mass is 326 g/mol. The maximum atomic E-state index is 12.2. The van der Waals surface area contributed by atoms with E-state index in [2.05, 4.69) is 9.71 Å². The molecule has 0 unspecified atom stereocenters. The molecule has 2 N–H and O–H groups in total. The summed E-state index contributed by atoms with van der Waals surface area (Å²) in [5.74, 6) is 0. The maximum absolute atomic E-state index is 12.2. The van der Waals surface area contributed by atoms with E-state index in [0.29, 0.717) is 16.3 Å². The van der Waals surface area contributed by atoms with E-state index in [1.54, 1.807) is 12.3 Å². The second kappa shape index (κ2) is 6.53. The first-order valence-corrected chi connectivity index (χ1v) is 8.09. The average Bonchev–Trinajstić information content (AvgIpc) is 2.46. The SMILES string of the molecule is Cc1cccnc1CNS(=O)(=O)c1ccc(Cl)c(CO)c1. The fourth-order valence-electron chi connectivity index (χ4n) is 1.79. The summed E-state index contributed by atoms with van der Waals surface area (Å²) in [4.78, 5) is 4.19. The van der Waals surface area contributed by atoms with E-state index in [0.717, 1.165) is 5.56 Å². The molecule has 7 heteroatoms. The average molecular weight is 327 g/mol. The highest BCUT2D eigenvalue weighted by molar-refractivity contribution is 7.89. The Morgan fingerprint density at radius 3 is 2.76 bits per heavy atom. The molecule has 0 amide bonds. The molecule has 2 rings (SSSR count). The number of benzene rings is 1. The minimum absolute atomic E-state index is 0.0598. The van der Waals surface area contributed by atoms with Crippen molar-refractivity contribution in [3.05, 3.63) is 58.4 Å². The largest absolute Gasteiger partial charge is 0.392 e. The molecule has 0 spiro atoms. The Balaban J connectivity index is 2.21. The molecule has 1 heterocycles. The molecule has 1 aromatic carbocycles. The number of nitrogens with zero attached hydrogens (tertiary/aromatic N) is 1. The summed E-state index contributed by atoms with van der Waals surface area (Å²) in [6, 6.07) is 7.86. The minimum atomic E-state index is -3.68. The number of nitrogens with one attached hydrogen (secondary N) is 1. The Bertz CT molecular complexity index is 748. The van der Waals surface area contributed by atoms with Gasteiger partial charge >= 0.3 is 0 Å². The van der Waals surface area contributed by atoms with Gasteiger partial charge in [-0.1, -0.05) is 17.7 Å². The number of rotatable bonds is 5. The molecule has 2 aromatic rings. The van der Waals surface area contributed by atoms with Gasteiger partial charge < -0.3 is 5.11 Å². The summed E-state index contributed by atoms with van der Waals surface area (Å²) in [5, 5.41) is 9.47. The van der Waals surface area contributed by atoms with E-state index >= 15 is 0 Å². The van der Waals surface area contributed by atoms with Gasteiger partial charge in [0.1, 0.15) is 0 Å². The fourth-order valence-corrected chi connectivity index (χ4v) is 3.00. The number of halogens is 1. The third kappa shape index (κ3) is 3.79. The van der Waals surface area contributed by atoms with E-state index in [4.69, 9.17) is 16.7 Å². The molecular weight excluding hydrogens is 312 g/mol. The summed E-state index contributed by atoms with van der Waals surface area (Å²) in [6.07, 6.45) is 1.61. The first-order valence-electron chi connectivity index (χ1n) is 6.23. The maximum Gasteiger partial charge on any atom is 0.240 e. The van der Waals surface area contributed by atoms with Crippen LogP contribution in [0, 0.1) is 6.92 Å². The predicted octanol–water partition coefficient (Wildman–Crippen LogP) is 2.01. The summed E-state index contributed by atoms with van der Waals surface area (Å²) < 4.78 is 27.0. The highest BCUT2D eigenvalue weighted by Crippen LogP contribution is 2.20. The van der Waals surface area contributed by atoms with Crippen LogP contribution in [0.25, 0.3) is 0 Å². The molecule has 0 bridgehead atoms. The first-order chi connectivity index (χ1) is 9.94. The third-order valence-corrected chi connectivity index (χ3v) is 4.81. The summed E-state index contributed by atoms with van der Waals surface area (Å²) in [7, 11) is -3.68. The van der Waals surface area contributed by atoms with Crippen LogP contribution in [0.4, 0.5) is 0 Å². The smallest absolute Gasteiger partial charge is 0.240 e. The predicted molar refractivity (Wildman–Crippen MR) is 80.4 cm³/mol. The van der Waals surface area contributed by atoms with Gasteiger partial charge in [0.25, 0.3) is 0 Å². The van der Waals surface area contributed by atoms with E-state index in [1.807, 2.05) is 13.0 Å². The number of aryl methyl sites for hydroxylation is 1. The van der Waals surface area contributed by atoms with Crippen LogP contribution in [0.15, 0.2) is 41.4 Å². The lowest BCUT2D eigenvalue weighted by molar-refractivity contribution is 0.281. The molecular formula is C14H15ClN2O3S. The molecule has 0 saturated carbocycles. The van der Waals surface area contributed by atoms with Gasteiger partial charge in [0, 0.05) is 11.2 Å². The lowest BCUT2D eigenvalue weighted by Gasteiger charge is -2.09. The number of aromatic nitrogens is 1. The molecule has 112 valence electrons. The van der Waals surface area contributed by atoms with Gasteiger partial charge in [0.05, 0.1) is 23.7 Å². The van der Waals surface area contributed by atoms with Gasteiger partial charge in [-0.05, 0) is 42.3 Å². The quantitative estimate of drug-likeness (QED) is 0.881. The van der Waals surface area contributed by atoms with Gasteiger partial charge in [0.15, 0.2) is 0 Å². The van der Waals surface area contributed by atoms with Crippen LogP contribution < -0.4 is 4.72 Å². The number of sulfonamides is 1. The molecule has 0 aliphatic rings. The molecule has 0 radical (unpaired) electrons. The van der Waals surface area contributed by atoms with Gasteiger partial charge in [-0.3, -0.25) is 4.98 Å². The number of hydrogen-bond acceptors (Lipinski definition) is 4. The van der Waals surface area contributed by atoms with Crippen molar-refractivity contribution < 1.29 is 13.5 Å². The molecule has 1 aromatic heterocycles. The topological polar surface area (TPSA) is 79.3 Å². The van der Waals surface area contributed by atoms with Gasteiger partial charge in [-0.15, -0.1) is 0 Å². The summed E-state index contributed by atoms with van der Waals surface area (Å²) in [5.41, 5.74) is 1.94. The van der Waals surface area contributed by atoms with Crippen molar-refractivity contribution in [3.8, 4) is 0 Å². The van der Waals surface area contributed by atoms with Crippen molar-refractivity contribution in [1.82, 2.24) is 9.71 Å². The number of pyridine rings is 1. The lowest BCUT2D eigenvalue weighted by Crippen LogP contribution is -2.24. The molecule has 0 atom stereocenters. The Labute approximate surface area is 128 Å². The van der Waals surface area contributed by atoms with Crippen molar-refractivity contribution in [2.45, 2.75) is 25.0 Å². The summed E-state index contributed by atoms with van der Waals surface area (Å²) in [6.45, 7) is 1.65. The van der Waals surface area contributed by atoms with Crippen molar-refractivity contribution >= 4 is 21.6 Å². The second-order valence-corrected chi connectivity index (χ2v) is 6.68. The lowest BCUT2D eigenvalue weighted by atomic mass is 10.2. The Morgan fingerprint density at radius 2 is 2.10 bits per heavy atom. The highest BCUT2D eigenvalue weighted by Gasteiger charge is 2.16. The van der Waals surface area contributed by atoms with Gasteiger partial charge in [-0.25, -0.2) is 13.1 Å². The van der Waals surface area contributed by atoms with Crippen LogP contribution in [0.1, 0.15) is 16.8 Å². The standard InChI is InChI=1S/C14H15ClN2O3S/c1-10-3-2-6-16-14(10)8-17-21(19,20)12-4-5-13(15)11(7-12)9-18/h2-7,17-18H,8-9H2,1H3.